The second-order valence-electron chi connectivity index (χ2n) is 9.54. The zero-order valence-corrected chi connectivity index (χ0v) is 16.5. The van der Waals surface area contributed by atoms with Crippen molar-refractivity contribution in [3.05, 3.63) is 0 Å². The van der Waals surface area contributed by atoms with Gasteiger partial charge in [0.1, 0.15) is 5.60 Å². The minimum Gasteiger partial charge on any atom is -0.465 e. The highest BCUT2D eigenvalue weighted by Crippen LogP contribution is 2.36. The van der Waals surface area contributed by atoms with Crippen LogP contribution in [0.15, 0.2) is 0 Å². The molecule has 0 rings (SSSR count). The molecule has 0 aromatic carbocycles. The van der Waals surface area contributed by atoms with Crippen molar-refractivity contribution >= 4 is 11.9 Å². The largest absolute Gasteiger partial charge is 0.465 e. The zero-order valence-electron chi connectivity index (χ0n) is 16.5. The van der Waals surface area contributed by atoms with Gasteiger partial charge in [-0.2, -0.15) is 0 Å². The Morgan fingerprint density at radius 2 is 1.43 bits per heavy atom. The van der Waals surface area contributed by atoms with Gasteiger partial charge in [-0.1, -0.05) is 41.5 Å². The lowest BCUT2D eigenvalue weighted by molar-refractivity contribution is -0.158. The summed E-state index contributed by atoms with van der Waals surface area (Å²) < 4.78 is 10.6. The summed E-state index contributed by atoms with van der Waals surface area (Å²) in [6.45, 7) is 18.3. The van der Waals surface area contributed by atoms with Crippen molar-refractivity contribution in [1.29, 1.82) is 0 Å². The smallest absolute Gasteiger partial charge is 0.309 e. The van der Waals surface area contributed by atoms with Gasteiger partial charge >= 0.3 is 11.9 Å². The van der Waals surface area contributed by atoms with Gasteiger partial charge in [0.25, 0.3) is 0 Å². The maximum atomic E-state index is 12.4. The van der Waals surface area contributed by atoms with Crippen molar-refractivity contribution in [2.45, 2.75) is 87.2 Å². The van der Waals surface area contributed by atoms with Gasteiger partial charge in [-0.25, -0.2) is 0 Å². The Kier molecular flexibility index (Phi) is 7.79. The van der Waals surface area contributed by atoms with Crippen molar-refractivity contribution in [2.75, 3.05) is 6.61 Å². The summed E-state index contributed by atoms with van der Waals surface area (Å²) in [4.78, 5) is 24.0. The van der Waals surface area contributed by atoms with Crippen LogP contribution in [0, 0.1) is 16.7 Å². The first-order chi connectivity index (χ1) is 10.1. The van der Waals surface area contributed by atoms with Crippen LogP contribution in [-0.4, -0.2) is 24.1 Å². The number of carbonyl (C=O) groups is 2. The maximum Gasteiger partial charge on any atom is 0.309 e. The Hall–Kier alpha value is -1.06. The lowest BCUT2D eigenvalue weighted by Crippen LogP contribution is -2.34. The molecule has 1 atom stereocenters. The highest BCUT2D eigenvalue weighted by molar-refractivity contribution is 5.73. The average Bonchev–Trinajstić information content (AvgIpc) is 2.26. The summed E-state index contributed by atoms with van der Waals surface area (Å²) in [5.41, 5.74) is -0.555. The topological polar surface area (TPSA) is 52.6 Å². The number of rotatable bonds is 6. The Morgan fingerprint density at radius 3 is 1.83 bits per heavy atom. The number of ether oxygens (including phenoxy) is 2. The van der Waals surface area contributed by atoms with Crippen molar-refractivity contribution in [3.8, 4) is 0 Å². The third-order valence-electron chi connectivity index (χ3n) is 3.34. The zero-order chi connectivity index (χ0) is 18.5. The van der Waals surface area contributed by atoms with Gasteiger partial charge in [0.05, 0.1) is 12.5 Å². The van der Waals surface area contributed by atoms with Crippen molar-refractivity contribution in [2.24, 2.45) is 16.7 Å². The molecule has 1 unspecified atom stereocenters. The Balaban J connectivity index is 4.37. The lowest BCUT2D eigenvalue weighted by atomic mass is 9.72. The summed E-state index contributed by atoms with van der Waals surface area (Å²) >= 11 is 0. The van der Waals surface area contributed by atoms with E-state index < -0.39 is 5.60 Å². The molecule has 0 aliphatic heterocycles. The molecule has 0 fully saturated rings. The van der Waals surface area contributed by atoms with Gasteiger partial charge in [0.2, 0.25) is 0 Å². The second kappa shape index (κ2) is 8.16. The molecule has 0 aromatic rings. The van der Waals surface area contributed by atoms with Gasteiger partial charge < -0.3 is 9.47 Å². The SMILES string of the molecule is CC(C)(C)CC(C(=O)OCCCC(=O)OC(C)(C)C)C(C)(C)C. The van der Waals surface area contributed by atoms with E-state index in [4.69, 9.17) is 9.47 Å². The molecule has 0 radical (unpaired) electrons. The molecule has 0 saturated carbocycles. The minimum atomic E-state index is -0.474. The summed E-state index contributed by atoms with van der Waals surface area (Å²) in [7, 11) is 0. The van der Waals surface area contributed by atoms with Crippen LogP contribution in [0.4, 0.5) is 0 Å². The number of carbonyl (C=O) groups excluding carboxylic acids is 2. The second-order valence-corrected chi connectivity index (χ2v) is 9.54. The van der Waals surface area contributed by atoms with Crippen LogP contribution in [-0.2, 0) is 19.1 Å². The van der Waals surface area contributed by atoms with Crippen LogP contribution in [0.3, 0.4) is 0 Å². The van der Waals surface area contributed by atoms with E-state index in [1.165, 1.54) is 0 Å². The molecular formula is C19H36O4. The van der Waals surface area contributed by atoms with E-state index in [0.29, 0.717) is 6.42 Å². The van der Waals surface area contributed by atoms with E-state index in [9.17, 15) is 9.59 Å². The molecule has 0 saturated heterocycles. The van der Waals surface area contributed by atoms with Gasteiger partial charge in [-0.05, 0) is 44.4 Å². The van der Waals surface area contributed by atoms with Gasteiger partial charge in [-0.3, -0.25) is 9.59 Å². The monoisotopic (exact) mass is 328 g/mol. The molecule has 136 valence electrons. The van der Waals surface area contributed by atoms with Crippen molar-refractivity contribution < 1.29 is 19.1 Å². The van der Waals surface area contributed by atoms with Crippen LogP contribution < -0.4 is 0 Å². The van der Waals surface area contributed by atoms with E-state index in [-0.39, 0.29) is 41.7 Å². The summed E-state index contributed by atoms with van der Waals surface area (Å²) in [5.74, 6) is -0.573. The first-order valence-electron chi connectivity index (χ1n) is 8.50. The first kappa shape index (κ1) is 21.9. The third-order valence-corrected chi connectivity index (χ3v) is 3.34. The fraction of sp³-hybridized carbons (Fsp3) is 0.895. The molecule has 0 bridgehead atoms. The summed E-state index contributed by atoms with van der Waals surface area (Å²) in [6.07, 6.45) is 1.54. The predicted octanol–water partition coefficient (Wildman–Crippen LogP) is 4.75. The molecule has 0 N–H and O–H groups in total. The molecule has 0 aliphatic rings. The molecule has 0 aromatic heterocycles. The van der Waals surface area contributed by atoms with Crippen molar-refractivity contribution in [3.63, 3.8) is 0 Å². The van der Waals surface area contributed by atoms with Crippen LogP contribution in [0.2, 0.25) is 0 Å². The van der Waals surface area contributed by atoms with E-state index in [2.05, 4.69) is 41.5 Å². The summed E-state index contributed by atoms with van der Waals surface area (Å²) in [6, 6.07) is 0. The average molecular weight is 328 g/mol. The highest BCUT2D eigenvalue weighted by Gasteiger charge is 2.35. The fourth-order valence-electron chi connectivity index (χ4n) is 2.24. The predicted molar refractivity (Wildman–Crippen MR) is 93.1 cm³/mol. The Bertz CT molecular complexity index is 391. The minimum absolute atomic E-state index is 0.0630. The summed E-state index contributed by atoms with van der Waals surface area (Å²) in [5, 5.41) is 0. The van der Waals surface area contributed by atoms with E-state index in [0.717, 1.165) is 6.42 Å². The van der Waals surface area contributed by atoms with E-state index in [1.807, 2.05) is 20.8 Å². The molecular weight excluding hydrogens is 292 g/mol. The Labute approximate surface area is 142 Å². The normalized spacial score (nSPS) is 14.3. The molecule has 0 spiro atoms. The molecule has 0 heterocycles. The fourth-order valence-corrected chi connectivity index (χ4v) is 2.24. The molecule has 4 nitrogen and oxygen atoms in total. The van der Waals surface area contributed by atoms with Gasteiger partial charge in [0.15, 0.2) is 0 Å². The quantitative estimate of drug-likeness (QED) is 0.521. The van der Waals surface area contributed by atoms with Crippen LogP contribution in [0.5, 0.6) is 0 Å². The highest BCUT2D eigenvalue weighted by atomic mass is 16.6. The van der Waals surface area contributed by atoms with Crippen LogP contribution in [0.25, 0.3) is 0 Å². The van der Waals surface area contributed by atoms with Crippen LogP contribution in [0.1, 0.15) is 81.6 Å². The van der Waals surface area contributed by atoms with Gasteiger partial charge in [-0.15, -0.1) is 0 Å². The first-order valence-corrected chi connectivity index (χ1v) is 8.50. The molecule has 0 aliphatic carbocycles. The number of esters is 2. The standard InChI is InChI=1S/C19H36O4/c1-17(2,3)13-14(18(4,5)6)16(21)22-12-10-11-15(20)23-19(7,8)9/h14H,10-13H2,1-9H3. The molecule has 0 amide bonds. The molecule has 4 heteroatoms. The van der Waals surface area contributed by atoms with E-state index >= 15 is 0 Å². The maximum absolute atomic E-state index is 12.4. The van der Waals surface area contributed by atoms with Crippen LogP contribution >= 0.6 is 0 Å². The lowest BCUT2D eigenvalue weighted by Gasteiger charge is -2.33. The Morgan fingerprint density at radius 1 is 0.913 bits per heavy atom. The van der Waals surface area contributed by atoms with E-state index in [1.54, 1.807) is 0 Å². The number of hydrogen-bond acceptors (Lipinski definition) is 4. The number of hydrogen-bond donors (Lipinski definition) is 0. The molecule has 23 heavy (non-hydrogen) atoms. The van der Waals surface area contributed by atoms with Gasteiger partial charge in [0, 0.05) is 6.42 Å². The van der Waals surface area contributed by atoms with Crippen molar-refractivity contribution in [1.82, 2.24) is 0 Å². The third kappa shape index (κ3) is 11.2.